The van der Waals surface area contributed by atoms with E-state index in [1.807, 2.05) is 20.8 Å². The van der Waals surface area contributed by atoms with Crippen LogP contribution in [-0.4, -0.2) is 41.8 Å². The lowest BCUT2D eigenvalue weighted by molar-refractivity contribution is -0.125. The third-order valence-electron chi connectivity index (χ3n) is 5.05. The van der Waals surface area contributed by atoms with Gasteiger partial charge in [-0.05, 0) is 43.5 Å². The molecule has 0 saturated carbocycles. The van der Waals surface area contributed by atoms with Crippen LogP contribution in [0.15, 0.2) is 30.3 Å². The zero-order chi connectivity index (χ0) is 21.8. The van der Waals surface area contributed by atoms with Gasteiger partial charge in [0.1, 0.15) is 0 Å². The molecule has 1 aromatic carbocycles. The van der Waals surface area contributed by atoms with Crippen molar-refractivity contribution in [3.63, 3.8) is 0 Å². The molecule has 1 aliphatic rings. The van der Waals surface area contributed by atoms with Crippen molar-refractivity contribution >= 4 is 45.7 Å². The number of rotatable bonds is 5. The van der Waals surface area contributed by atoms with Crippen LogP contribution >= 0.6 is 22.9 Å². The number of anilines is 1. The largest absolute Gasteiger partial charge is 0.351 e. The van der Waals surface area contributed by atoms with Gasteiger partial charge in [0.15, 0.2) is 0 Å². The molecule has 160 valence electrons. The minimum absolute atomic E-state index is 0.00572. The second kappa shape index (κ2) is 9.62. The molecular weight excluding hydrogens is 422 g/mol. The van der Waals surface area contributed by atoms with Gasteiger partial charge in [-0.2, -0.15) is 0 Å². The number of hydrogen-bond acceptors (Lipinski definition) is 4. The van der Waals surface area contributed by atoms with Crippen LogP contribution in [0.2, 0.25) is 5.02 Å². The van der Waals surface area contributed by atoms with Crippen LogP contribution < -0.4 is 10.6 Å². The summed E-state index contributed by atoms with van der Waals surface area (Å²) in [6, 6.07) is 8.60. The van der Waals surface area contributed by atoms with E-state index in [0.717, 1.165) is 18.4 Å². The molecule has 30 heavy (non-hydrogen) atoms. The average Bonchev–Trinajstić information content (AvgIpc) is 3.07. The van der Waals surface area contributed by atoms with Gasteiger partial charge in [-0.1, -0.05) is 37.6 Å². The first kappa shape index (κ1) is 22.3. The van der Waals surface area contributed by atoms with E-state index < -0.39 is 0 Å². The van der Waals surface area contributed by atoms with Crippen LogP contribution in [0.5, 0.6) is 0 Å². The van der Waals surface area contributed by atoms with Gasteiger partial charge in [0.05, 0.1) is 20.5 Å². The molecular formula is C22H26ClN3O3S. The highest BCUT2D eigenvalue weighted by atomic mass is 35.5. The van der Waals surface area contributed by atoms with Crippen LogP contribution in [-0.2, 0) is 4.79 Å². The second-order valence-electron chi connectivity index (χ2n) is 7.81. The molecule has 0 bridgehead atoms. The number of likely N-dealkylation sites (tertiary alicyclic amines) is 1. The molecule has 6 nitrogen and oxygen atoms in total. The highest BCUT2D eigenvalue weighted by molar-refractivity contribution is 7.18. The van der Waals surface area contributed by atoms with Gasteiger partial charge in [0.25, 0.3) is 11.8 Å². The number of halogens is 1. The lowest BCUT2D eigenvalue weighted by Crippen LogP contribution is -2.50. The van der Waals surface area contributed by atoms with Crippen molar-refractivity contribution in [2.45, 2.75) is 39.7 Å². The fourth-order valence-electron chi connectivity index (χ4n) is 3.37. The fraction of sp³-hybridized carbons (Fsp3) is 0.409. The summed E-state index contributed by atoms with van der Waals surface area (Å²) in [5, 5.41) is 6.83. The summed E-state index contributed by atoms with van der Waals surface area (Å²) in [5.74, 6) is -0.458. The fourth-order valence-corrected chi connectivity index (χ4v) is 4.63. The number of amides is 3. The Labute approximate surface area is 185 Å². The molecule has 1 aromatic heterocycles. The Balaban J connectivity index is 1.68. The van der Waals surface area contributed by atoms with Gasteiger partial charge in [-0.3, -0.25) is 14.4 Å². The van der Waals surface area contributed by atoms with Crippen LogP contribution in [0.4, 0.5) is 5.00 Å². The predicted octanol–water partition coefficient (Wildman–Crippen LogP) is 4.34. The van der Waals surface area contributed by atoms with Crippen molar-refractivity contribution in [3.05, 3.63) is 51.4 Å². The molecule has 2 heterocycles. The number of hydrogen-bond donors (Lipinski definition) is 2. The highest BCUT2D eigenvalue weighted by Gasteiger charge is 2.28. The number of carbonyl (C=O) groups excluding carboxylic acids is 3. The SMILES string of the molecule is Cc1cc(NC(=O)c2ccccc2Cl)sc1C(=O)N1CCCC(NC(=O)C(C)C)C1. The summed E-state index contributed by atoms with van der Waals surface area (Å²) in [5.41, 5.74) is 1.20. The third kappa shape index (κ3) is 5.21. The third-order valence-corrected chi connectivity index (χ3v) is 6.52. The summed E-state index contributed by atoms with van der Waals surface area (Å²) in [4.78, 5) is 40.0. The number of piperidine rings is 1. The molecule has 3 amide bonds. The molecule has 1 atom stereocenters. The van der Waals surface area contributed by atoms with Gasteiger partial charge in [-0.15, -0.1) is 11.3 Å². The molecule has 8 heteroatoms. The number of nitrogens with zero attached hydrogens (tertiary/aromatic N) is 1. The Morgan fingerprint density at radius 3 is 2.67 bits per heavy atom. The first-order valence-electron chi connectivity index (χ1n) is 10.0. The van der Waals surface area contributed by atoms with Crippen molar-refractivity contribution < 1.29 is 14.4 Å². The average molecular weight is 448 g/mol. The van der Waals surface area contributed by atoms with Gasteiger partial charge < -0.3 is 15.5 Å². The van der Waals surface area contributed by atoms with Crippen molar-refractivity contribution in [1.82, 2.24) is 10.2 Å². The Morgan fingerprint density at radius 1 is 1.23 bits per heavy atom. The molecule has 2 aromatic rings. The van der Waals surface area contributed by atoms with Gasteiger partial charge >= 0.3 is 0 Å². The smallest absolute Gasteiger partial charge is 0.264 e. The van der Waals surface area contributed by atoms with E-state index in [4.69, 9.17) is 11.6 Å². The molecule has 1 unspecified atom stereocenters. The minimum atomic E-state index is -0.310. The van der Waals surface area contributed by atoms with E-state index in [2.05, 4.69) is 10.6 Å². The van der Waals surface area contributed by atoms with Crippen molar-refractivity contribution in [2.24, 2.45) is 5.92 Å². The summed E-state index contributed by atoms with van der Waals surface area (Å²) < 4.78 is 0. The first-order chi connectivity index (χ1) is 14.3. The van der Waals surface area contributed by atoms with Crippen LogP contribution in [0.25, 0.3) is 0 Å². The van der Waals surface area contributed by atoms with E-state index in [0.29, 0.717) is 33.6 Å². The second-order valence-corrected chi connectivity index (χ2v) is 9.27. The molecule has 3 rings (SSSR count). The number of thiophene rings is 1. The maximum absolute atomic E-state index is 13.1. The Morgan fingerprint density at radius 2 is 1.97 bits per heavy atom. The van der Waals surface area contributed by atoms with Crippen molar-refractivity contribution in [3.8, 4) is 0 Å². The molecule has 0 radical (unpaired) electrons. The van der Waals surface area contributed by atoms with Crippen LogP contribution in [0.3, 0.4) is 0 Å². The van der Waals surface area contributed by atoms with Crippen LogP contribution in [0, 0.1) is 12.8 Å². The number of benzene rings is 1. The lowest BCUT2D eigenvalue weighted by atomic mass is 10.0. The van der Waals surface area contributed by atoms with E-state index in [9.17, 15) is 14.4 Å². The van der Waals surface area contributed by atoms with E-state index >= 15 is 0 Å². The quantitative estimate of drug-likeness (QED) is 0.715. The summed E-state index contributed by atoms with van der Waals surface area (Å²) in [6.45, 7) is 6.72. The van der Waals surface area contributed by atoms with Gasteiger partial charge in [0.2, 0.25) is 5.91 Å². The highest BCUT2D eigenvalue weighted by Crippen LogP contribution is 2.29. The predicted molar refractivity (Wildman–Crippen MR) is 120 cm³/mol. The van der Waals surface area contributed by atoms with Crippen molar-refractivity contribution in [2.75, 3.05) is 18.4 Å². The molecule has 1 aliphatic heterocycles. The number of carbonyl (C=O) groups is 3. The maximum atomic E-state index is 13.1. The maximum Gasteiger partial charge on any atom is 0.264 e. The Bertz CT molecular complexity index is 957. The normalized spacial score (nSPS) is 16.4. The lowest BCUT2D eigenvalue weighted by Gasteiger charge is -2.33. The summed E-state index contributed by atoms with van der Waals surface area (Å²) in [6.07, 6.45) is 1.71. The van der Waals surface area contributed by atoms with E-state index in [1.165, 1.54) is 11.3 Å². The van der Waals surface area contributed by atoms with E-state index in [1.54, 1.807) is 35.2 Å². The summed E-state index contributed by atoms with van der Waals surface area (Å²) >= 11 is 7.35. The molecule has 1 saturated heterocycles. The number of aryl methyl sites for hydroxylation is 1. The standard InChI is InChI=1S/C22H26ClN3O3S/c1-13(2)20(27)24-15-7-6-10-26(12-15)22(29)19-14(3)11-18(30-19)25-21(28)16-8-4-5-9-17(16)23/h4-5,8-9,11,13,15H,6-7,10,12H2,1-3H3,(H,24,27)(H,25,28). The Kier molecular flexibility index (Phi) is 7.15. The summed E-state index contributed by atoms with van der Waals surface area (Å²) in [7, 11) is 0. The molecule has 1 fully saturated rings. The van der Waals surface area contributed by atoms with Crippen LogP contribution in [0.1, 0.15) is 52.3 Å². The molecule has 0 spiro atoms. The van der Waals surface area contributed by atoms with Crippen molar-refractivity contribution in [1.29, 1.82) is 0 Å². The zero-order valence-electron chi connectivity index (χ0n) is 17.3. The minimum Gasteiger partial charge on any atom is -0.351 e. The van der Waals surface area contributed by atoms with Gasteiger partial charge in [0, 0.05) is 25.0 Å². The molecule has 0 aliphatic carbocycles. The zero-order valence-corrected chi connectivity index (χ0v) is 18.9. The van der Waals surface area contributed by atoms with Gasteiger partial charge in [-0.25, -0.2) is 0 Å². The molecule has 2 N–H and O–H groups in total. The monoisotopic (exact) mass is 447 g/mol. The first-order valence-corrected chi connectivity index (χ1v) is 11.2. The topological polar surface area (TPSA) is 78.5 Å². The number of nitrogens with one attached hydrogen (secondary N) is 2. The Hall–Kier alpha value is -2.38. The van der Waals surface area contributed by atoms with E-state index in [-0.39, 0.29) is 29.7 Å².